The van der Waals surface area contributed by atoms with Crippen LogP contribution < -0.4 is 0 Å². The first-order valence-electron chi connectivity index (χ1n) is 42.0. The average Bonchev–Trinajstić information content (AvgIpc) is 0.778. The van der Waals surface area contributed by atoms with E-state index in [4.69, 9.17) is 0 Å². The van der Waals surface area contributed by atoms with E-state index in [1.165, 1.54) is 347 Å². The Morgan fingerprint density at radius 2 is 0.402 bits per heavy atom. The van der Waals surface area contributed by atoms with Gasteiger partial charge in [-0.25, -0.2) is 16.8 Å². The van der Waals surface area contributed by atoms with E-state index in [1.54, 1.807) is 0 Å². The summed E-state index contributed by atoms with van der Waals surface area (Å²) < 4.78 is 75.8. The van der Waals surface area contributed by atoms with Gasteiger partial charge in [0, 0.05) is 0 Å². The summed E-state index contributed by atoms with van der Waals surface area (Å²) in [5.74, 6) is 0. The maximum Gasteiger partial charge on any atom is 2.00 e. The molecule has 97 heavy (non-hydrogen) atoms. The number of rotatable bonds is 66. The largest absolute Gasteiger partial charge is 2.00 e. The average molecular weight is 1510 g/mol. The molecule has 0 saturated carbocycles. The van der Waals surface area contributed by atoms with Gasteiger partial charge < -0.3 is 9.11 Å². The Morgan fingerprint density at radius 3 is 0.588 bits per heavy atom. The standard InChI is InChI=1S/2C44H76O3S.Ba/c2*1-3-5-7-9-11-13-15-17-19-21-23-25-27-29-31-35-40-39-41-36-33-34-38-43(41)44(48(45,46)47)42(40)37-32-30-28-26-24-22-20-18-16-14-12-10-8-6-4-2;/h2*33-34,36,38-39H,3-32,35,37H2,1-2H3,(H,45,46,47);/q;;+2/p-2. The summed E-state index contributed by atoms with van der Waals surface area (Å²) in [6.07, 6.45) is 82.4. The number of hydrogen-bond donors (Lipinski definition) is 0. The molecule has 4 aromatic carbocycles. The molecule has 0 unspecified atom stereocenters. The minimum Gasteiger partial charge on any atom is -0.744 e. The summed E-state index contributed by atoms with van der Waals surface area (Å²) >= 11 is 0. The first-order chi connectivity index (χ1) is 47.0. The number of fused-ring (bicyclic) bond motifs is 2. The molecule has 0 N–H and O–H groups in total. The van der Waals surface area contributed by atoms with Gasteiger partial charge in [0.2, 0.25) is 0 Å². The van der Waals surface area contributed by atoms with E-state index in [2.05, 4.69) is 39.8 Å². The van der Waals surface area contributed by atoms with Crippen molar-refractivity contribution in [2.45, 2.75) is 448 Å². The van der Waals surface area contributed by atoms with Crippen LogP contribution in [0.3, 0.4) is 0 Å². The molecule has 0 heterocycles. The zero-order chi connectivity index (χ0) is 69.1. The van der Waals surface area contributed by atoms with Crippen LogP contribution in [0.25, 0.3) is 21.5 Å². The summed E-state index contributed by atoms with van der Waals surface area (Å²) in [7, 11) is -9.13. The molecule has 0 spiro atoms. The van der Waals surface area contributed by atoms with Crippen molar-refractivity contribution < 1.29 is 25.9 Å². The smallest absolute Gasteiger partial charge is 0.744 e. The van der Waals surface area contributed by atoms with Crippen molar-refractivity contribution in [2.75, 3.05) is 0 Å². The maximum absolute atomic E-state index is 12.6. The zero-order valence-electron chi connectivity index (χ0n) is 64.0. The van der Waals surface area contributed by atoms with Gasteiger partial charge in [0.15, 0.2) is 0 Å². The van der Waals surface area contributed by atoms with Crippen LogP contribution in [-0.2, 0) is 45.9 Å². The third-order valence-electron chi connectivity index (χ3n) is 21.1. The third-order valence-corrected chi connectivity index (χ3v) is 23.0. The van der Waals surface area contributed by atoms with E-state index < -0.39 is 20.2 Å². The Labute approximate surface area is 642 Å². The summed E-state index contributed by atoms with van der Waals surface area (Å²) in [5.41, 5.74) is 3.79. The Kier molecular flexibility index (Phi) is 59.9. The van der Waals surface area contributed by atoms with Crippen molar-refractivity contribution >= 4 is 90.7 Å². The Bertz CT molecular complexity index is 2500. The van der Waals surface area contributed by atoms with E-state index in [-0.39, 0.29) is 58.7 Å². The second-order valence-corrected chi connectivity index (χ2v) is 32.5. The van der Waals surface area contributed by atoms with Crippen LogP contribution in [-0.4, -0.2) is 74.8 Å². The molecule has 4 aromatic rings. The molecule has 9 heteroatoms. The molecule has 0 radical (unpaired) electrons. The van der Waals surface area contributed by atoms with Crippen molar-refractivity contribution in [2.24, 2.45) is 0 Å². The quantitative estimate of drug-likeness (QED) is 0.0247. The molecule has 552 valence electrons. The van der Waals surface area contributed by atoms with Crippen molar-refractivity contribution in [1.82, 2.24) is 0 Å². The topological polar surface area (TPSA) is 114 Å². The predicted octanol–water partition coefficient (Wildman–Crippen LogP) is 28.8. The molecule has 4 rings (SSSR count). The summed E-state index contributed by atoms with van der Waals surface area (Å²) in [6.45, 7) is 9.12. The predicted molar refractivity (Wildman–Crippen MR) is 424 cm³/mol. The molecule has 0 aliphatic rings. The number of aryl methyl sites for hydroxylation is 2. The second kappa shape index (κ2) is 63.3. The van der Waals surface area contributed by atoms with E-state index in [0.29, 0.717) is 23.6 Å². The van der Waals surface area contributed by atoms with Crippen molar-refractivity contribution in [3.8, 4) is 0 Å². The van der Waals surface area contributed by atoms with Gasteiger partial charge in [-0.1, -0.05) is 448 Å². The molecule has 0 fully saturated rings. The van der Waals surface area contributed by atoms with Gasteiger partial charge in [-0.2, -0.15) is 0 Å². The fourth-order valence-corrected chi connectivity index (χ4v) is 17.1. The molecule has 0 aromatic heterocycles. The Balaban J connectivity index is 0.000000653. The van der Waals surface area contributed by atoms with Gasteiger partial charge >= 0.3 is 48.9 Å². The number of benzene rings is 4. The van der Waals surface area contributed by atoms with Crippen LogP contribution in [0, 0.1) is 0 Å². The fraction of sp³-hybridized carbons (Fsp3) is 0.773. The van der Waals surface area contributed by atoms with Crippen LogP contribution in [0.2, 0.25) is 0 Å². The Hall–Kier alpha value is -1.21. The SMILES string of the molecule is CCCCCCCCCCCCCCCCCc1cc2ccccc2c(S(=O)(=O)[O-])c1CCCCCCCCCCCCCCCCC.CCCCCCCCCCCCCCCCCc1cc2ccccc2c(S(=O)(=O)[O-])c1CCCCCCCCCCCCCCCCC.[Ba+2]. The van der Waals surface area contributed by atoms with Crippen molar-refractivity contribution in [1.29, 1.82) is 0 Å². The van der Waals surface area contributed by atoms with E-state index in [9.17, 15) is 25.9 Å². The molecule has 0 bridgehead atoms. The monoisotopic (exact) mass is 1500 g/mol. The van der Waals surface area contributed by atoms with Gasteiger partial charge in [0.1, 0.15) is 20.2 Å². The maximum atomic E-state index is 12.6. The molecule has 0 aliphatic heterocycles. The molecule has 0 aliphatic carbocycles. The molecular formula is C88H150BaO6S2. The number of hydrogen-bond acceptors (Lipinski definition) is 6. The zero-order valence-corrected chi connectivity index (χ0v) is 70.1. The van der Waals surface area contributed by atoms with E-state index in [0.717, 1.165) is 84.4 Å². The molecule has 0 atom stereocenters. The van der Waals surface area contributed by atoms with Crippen LogP contribution >= 0.6 is 0 Å². The normalized spacial score (nSPS) is 11.9. The van der Waals surface area contributed by atoms with Crippen LogP contribution in [0.15, 0.2) is 70.5 Å². The Morgan fingerprint density at radius 1 is 0.237 bits per heavy atom. The van der Waals surface area contributed by atoms with Crippen molar-refractivity contribution in [3.05, 3.63) is 82.9 Å². The summed E-state index contributed by atoms with van der Waals surface area (Å²) in [5, 5.41) is 2.96. The van der Waals surface area contributed by atoms with E-state index in [1.807, 2.05) is 48.5 Å². The third kappa shape index (κ3) is 46.3. The van der Waals surface area contributed by atoms with Gasteiger partial charge in [0.25, 0.3) is 0 Å². The van der Waals surface area contributed by atoms with Crippen molar-refractivity contribution in [3.63, 3.8) is 0 Å². The molecule has 6 nitrogen and oxygen atoms in total. The molecule has 0 saturated heterocycles. The minimum atomic E-state index is -4.56. The molecule has 0 amide bonds. The summed E-state index contributed by atoms with van der Waals surface area (Å²) in [4.78, 5) is 0.115. The number of unbranched alkanes of at least 4 members (excludes halogenated alkanes) is 56. The minimum absolute atomic E-state index is 0. The van der Waals surface area contributed by atoms with Crippen LogP contribution in [0.1, 0.15) is 435 Å². The molecular weight excluding hydrogens is 1350 g/mol. The van der Waals surface area contributed by atoms with Gasteiger partial charge in [-0.15, -0.1) is 0 Å². The van der Waals surface area contributed by atoms with E-state index >= 15 is 0 Å². The van der Waals surface area contributed by atoms with Gasteiger partial charge in [-0.3, -0.25) is 0 Å². The summed E-state index contributed by atoms with van der Waals surface area (Å²) in [6, 6.07) is 19.5. The second-order valence-electron chi connectivity index (χ2n) is 29.8. The van der Waals surface area contributed by atoms with Gasteiger partial charge in [0.05, 0.1) is 9.79 Å². The van der Waals surface area contributed by atoms with Crippen LogP contribution in [0.4, 0.5) is 0 Å². The first-order valence-corrected chi connectivity index (χ1v) is 44.8. The van der Waals surface area contributed by atoms with Gasteiger partial charge in [-0.05, 0) is 95.2 Å². The fourth-order valence-electron chi connectivity index (χ4n) is 15.1. The first kappa shape index (κ1) is 91.9. The van der Waals surface area contributed by atoms with Crippen LogP contribution in [0.5, 0.6) is 0 Å².